The summed E-state index contributed by atoms with van der Waals surface area (Å²) < 4.78 is 5.35. The molecule has 1 atom stereocenters. The van der Waals surface area contributed by atoms with Gasteiger partial charge in [-0.2, -0.15) is 0 Å². The molecule has 0 aromatic heterocycles. The average Bonchev–Trinajstić information content (AvgIpc) is 3.05. The van der Waals surface area contributed by atoms with Crippen LogP contribution in [0.3, 0.4) is 0 Å². The molecule has 5 nitrogen and oxygen atoms in total. The first-order chi connectivity index (χ1) is 14.9. The predicted octanol–water partition coefficient (Wildman–Crippen LogP) is 5.28. The largest absolute Gasteiger partial charge is 0.507 e. The number of ketones is 1. The lowest BCUT2D eigenvalue weighted by atomic mass is 9.95. The number of amides is 1. The molecule has 0 spiro atoms. The number of ether oxygens (including phenoxy) is 1. The van der Waals surface area contributed by atoms with E-state index in [0.717, 1.165) is 5.56 Å². The monoisotopic (exact) mass is 433 g/mol. The third-order valence-corrected chi connectivity index (χ3v) is 5.52. The zero-order chi connectivity index (χ0) is 22.1. The minimum atomic E-state index is -0.799. The van der Waals surface area contributed by atoms with Gasteiger partial charge in [0.1, 0.15) is 11.5 Å². The number of aliphatic hydroxyl groups is 1. The lowest BCUT2D eigenvalue weighted by Crippen LogP contribution is -2.29. The zero-order valence-corrected chi connectivity index (χ0v) is 17.8. The van der Waals surface area contributed by atoms with Crippen LogP contribution in [-0.2, 0) is 9.59 Å². The van der Waals surface area contributed by atoms with Gasteiger partial charge in [0.2, 0.25) is 0 Å². The lowest BCUT2D eigenvalue weighted by Gasteiger charge is -2.25. The quantitative estimate of drug-likeness (QED) is 0.345. The number of methoxy groups -OCH3 is 1. The molecule has 31 heavy (non-hydrogen) atoms. The van der Waals surface area contributed by atoms with E-state index < -0.39 is 17.7 Å². The molecule has 1 N–H and O–H groups in total. The number of rotatable bonds is 4. The normalized spacial score (nSPS) is 17.8. The number of Topliss-reactive ketones (excluding diaryl/α,β-unsaturated/α-hetero) is 1. The first kappa shape index (κ1) is 20.7. The Morgan fingerprint density at radius 2 is 1.68 bits per heavy atom. The fraction of sp³-hybridized carbons (Fsp3) is 0.120. The van der Waals surface area contributed by atoms with Crippen molar-refractivity contribution in [3.8, 4) is 5.75 Å². The van der Waals surface area contributed by atoms with Crippen LogP contribution in [-0.4, -0.2) is 23.9 Å². The molecule has 1 aliphatic rings. The summed E-state index contributed by atoms with van der Waals surface area (Å²) in [5.74, 6) is -1.47. The summed E-state index contributed by atoms with van der Waals surface area (Å²) in [5.41, 5.74) is 2.53. The number of carbonyl (C=O) groups is 2. The molecule has 0 radical (unpaired) electrons. The highest BCUT2D eigenvalue weighted by Crippen LogP contribution is 2.43. The van der Waals surface area contributed by atoms with E-state index in [2.05, 4.69) is 0 Å². The van der Waals surface area contributed by atoms with Crippen molar-refractivity contribution in [1.82, 2.24) is 0 Å². The van der Waals surface area contributed by atoms with Gasteiger partial charge in [-0.1, -0.05) is 59.6 Å². The van der Waals surface area contributed by atoms with Crippen molar-refractivity contribution in [2.75, 3.05) is 12.0 Å². The molecule has 1 fully saturated rings. The van der Waals surface area contributed by atoms with Crippen molar-refractivity contribution >= 4 is 34.7 Å². The van der Waals surface area contributed by atoms with Gasteiger partial charge in [0, 0.05) is 10.7 Å². The summed E-state index contributed by atoms with van der Waals surface area (Å²) in [6.45, 7) is 1.94. The minimum absolute atomic E-state index is 0.0164. The molecule has 1 saturated heterocycles. The van der Waals surface area contributed by atoms with E-state index in [1.165, 1.54) is 18.1 Å². The first-order valence-corrected chi connectivity index (χ1v) is 10.1. The summed E-state index contributed by atoms with van der Waals surface area (Å²) in [7, 11) is 1.46. The van der Waals surface area contributed by atoms with E-state index in [4.69, 9.17) is 16.3 Å². The van der Waals surface area contributed by atoms with Crippen LogP contribution in [0.5, 0.6) is 5.75 Å². The number of hydrogen-bond donors (Lipinski definition) is 1. The Morgan fingerprint density at radius 3 is 2.32 bits per heavy atom. The Hall–Kier alpha value is -3.57. The van der Waals surface area contributed by atoms with E-state index in [9.17, 15) is 14.7 Å². The van der Waals surface area contributed by atoms with Gasteiger partial charge in [0.15, 0.2) is 0 Å². The SMILES string of the molecule is COc1ccc(Cl)cc1/C(O)=C1\C(=O)C(=O)N(c2ccc(C)cc2)C1c1ccccc1. The molecule has 1 unspecified atom stereocenters. The molecule has 3 aromatic carbocycles. The van der Waals surface area contributed by atoms with E-state index in [-0.39, 0.29) is 16.9 Å². The third kappa shape index (κ3) is 3.68. The predicted molar refractivity (Wildman–Crippen MR) is 120 cm³/mol. The molecule has 1 heterocycles. The summed E-state index contributed by atoms with van der Waals surface area (Å²) in [6.07, 6.45) is 0. The van der Waals surface area contributed by atoms with E-state index in [1.807, 2.05) is 49.4 Å². The number of aliphatic hydroxyl groups excluding tert-OH is 1. The van der Waals surface area contributed by atoms with Gasteiger partial charge in [0.05, 0.1) is 24.3 Å². The second kappa shape index (κ2) is 8.28. The zero-order valence-electron chi connectivity index (χ0n) is 17.0. The maximum absolute atomic E-state index is 13.2. The van der Waals surface area contributed by atoms with Gasteiger partial charge >= 0.3 is 0 Å². The third-order valence-electron chi connectivity index (χ3n) is 5.29. The second-order valence-electron chi connectivity index (χ2n) is 7.26. The van der Waals surface area contributed by atoms with Crippen LogP contribution in [0.2, 0.25) is 5.02 Å². The Kier molecular flexibility index (Phi) is 5.53. The van der Waals surface area contributed by atoms with Gasteiger partial charge in [-0.05, 0) is 42.8 Å². The number of hydrogen-bond acceptors (Lipinski definition) is 4. The number of aryl methyl sites for hydroxylation is 1. The van der Waals surface area contributed by atoms with Crippen molar-refractivity contribution in [1.29, 1.82) is 0 Å². The maximum atomic E-state index is 13.2. The van der Waals surface area contributed by atoms with Crippen molar-refractivity contribution < 1.29 is 19.4 Å². The summed E-state index contributed by atoms with van der Waals surface area (Å²) in [6, 6.07) is 20.4. The Balaban J connectivity index is 1.97. The molecule has 156 valence electrons. The maximum Gasteiger partial charge on any atom is 0.300 e. The Labute approximate surface area is 185 Å². The van der Waals surface area contributed by atoms with Gasteiger partial charge in [-0.15, -0.1) is 0 Å². The fourth-order valence-electron chi connectivity index (χ4n) is 3.77. The van der Waals surface area contributed by atoms with Crippen LogP contribution in [0.15, 0.2) is 78.4 Å². The molecule has 6 heteroatoms. The van der Waals surface area contributed by atoms with Crippen LogP contribution in [0.1, 0.15) is 22.7 Å². The smallest absolute Gasteiger partial charge is 0.300 e. The van der Waals surface area contributed by atoms with E-state index in [1.54, 1.807) is 24.3 Å². The molecule has 1 amide bonds. The number of carbonyl (C=O) groups excluding carboxylic acids is 2. The number of anilines is 1. The van der Waals surface area contributed by atoms with Gasteiger partial charge in [0.25, 0.3) is 11.7 Å². The van der Waals surface area contributed by atoms with Crippen molar-refractivity contribution in [2.45, 2.75) is 13.0 Å². The van der Waals surface area contributed by atoms with Crippen molar-refractivity contribution in [3.05, 3.63) is 100 Å². The van der Waals surface area contributed by atoms with Crippen LogP contribution in [0, 0.1) is 6.92 Å². The summed E-state index contributed by atoms with van der Waals surface area (Å²) >= 11 is 6.13. The van der Waals surface area contributed by atoms with Gasteiger partial charge in [-0.25, -0.2) is 0 Å². The van der Waals surface area contributed by atoms with Gasteiger partial charge < -0.3 is 9.84 Å². The number of nitrogens with zero attached hydrogens (tertiary/aromatic N) is 1. The lowest BCUT2D eigenvalue weighted by molar-refractivity contribution is -0.132. The van der Waals surface area contributed by atoms with E-state index >= 15 is 0 Å². The second-order valence-corrected chi connectivity index (χ2v) is 7.70. The Morgan fingerprint density at radius 1 is 1.00 bits per heavy atom. The standard InChI is InChI=1S/C25H20ClNO4/c1-15-8-11-18(12-9-15)27-22(16-6-4-3-5-7-16)21(24(29)25(27)30)23(28)19-14-17(26)10-13-20(19)31-2/h3-14,22,28H,1-2H3/b23-21+. The van der Waals surface area contributed by atoms with Crippen LogP contribution in [0.4, 0.5) is 5.69 Å². The summed E-state index contributed by atoms with van der Waals surface area (Å²) in [4.78, 5) is 27.7. The average molecular weight is 434 g/mol. The van der Waals surface area contributed by atoms with Gasteiger partial charge in [-0.3, -0.25) is 14.5 Å². The topological polar surface area (TPSA) is 66.8 Å². The van der Waals surface area contributed by atoms with Crippen LogP contribution < -0.4 is 9.64 Å². The highest BCUT2D eigenvalue weighted by atomic mass is 35.5. The highest BCUT2D eigenvalue weighted by molar-refractivity contribution is 6.51. The highest BCUT2D eigenvalue weighted by Gasteiger charge is 2.47. The number of benzene rings is 3. The van der Waals surface area contributed by atoms with Crippen molar-refractivity contribution in [3.63, 3.8) is 0 Å². The van der Waals surface area contributed by atoms with Crippen LogP contribution >= 0.6 is 11.6 Å². The molecule has 0 saturated carbocycles. The molecular weight excluding hydrogens is 414 g/mol. The minimum Gasteiger partial charge on any atom is -0.507 e. The molecule has 0 bridgehead atoms. The molecule has 1 aliphatic heterocycles. The molecule has 0 aliphatic carbocycles. The summed E-state index contributed by atoms with van der Waals surface area (Å²) in [5, 5.41) is 11.6. The van der Waals surface area contributed by atoms with E-state index in [0.29, 0.717) is 22.0 Å². The first-order valence-electron chi connectivity index (χ1n) is 9.69. The molecule has 4 rings (SSSR count). The molecule has 3 aromatic rings. The fourth-order valence-corrected chi connectivity index (χ4v) is 3.94. The number of halogens is 1. The Bertz CT molecular complexity index is 1190. The van der Waals surface area contributed by atoms with Crippen LogP contribution in [0.25, 0.3) is 5.76 Å². The molecular formula is C25H20ClNO4. The van der Waals surface area contributed by atoms with Crippen molar-refractivity contribution in [2.24, 2.45) is 0 Å².